The summed E-state index contributed by atoms with van der Waals surface area (Å²) in [5.74, 6) is 0. The number of hydrogen-bond donors (Lipinski definition) is 1. The van der Waals surface area contributed by atoms with E-state index in [1.165, 1.54) is 4.88 Å². The summed E-state index contributed by atoms with van der Waals surface area (Å²) in [6, 6.07) is 4.14. The number of halogens is 1. The van der Waals surface area contributed by atoms with Crippen LogP contribution in [0.5, 0.6) is 0 Å². The smallest absolute Gasteiger partial charge is 0.0931 e. The highest BCUT2D eigenvalue weighted by molar-refractivity contribution is 7.16. The molecule has 0 aliphatic carbocycles. The van der Waals surface area contributed by atoms with Gasteiger partial charge >= 0.3 is 0 Å². The number of aromatic nitrogens is 3. The number of thiophene rings is 1. The van der Waals surface area contributed by atoms with Crippen LogP contribution in [0.4, 0.5) is 0 Å². The molecule has 1 unspecified atom stereocenters. The molecule has 0 saturated carbocycles. The first-order valence-electron chi connectivity index (χ1n) is 6.63. The number of nitrogens with zero attached hydrogens (tertiary/aromatic N) is 3. The lowest BCUT2D eigenvalue weighted by atomic mass is 10.1. The third kappa shape index (κ3) is 3.55. The third-order valence-corrected chi connectivity index (χ3v) is 4.15. The van der Waals surface area contributed by atoms with Gasteiger partial charge in [0.05, 0.1) is 22.3 Å². The van der Waals surface area contributed by atoms with Gasteiger partial charge in [-0.3, -0.25) is 0 Å². The van der Waals surface area contributed by atoms with Gasteiger partial charge in [0.15, 0.2) is 0 Å². The minimum atomic E-state index is 0.124. The van der Waals surface area contributed by atoms with Gasteiger partial charge in [0.2, 0.25) is 0 Å². The Morgan fingerprint density at radius 2 is 2.21 bits per heavy atom. The highest BCUT2D eigenvalue weighted by atomic mass is 35.5. The molecule has 2 rings (SSSR count). The Morgan fingerprint density at radius 1 is 1.37 bits per heavy atom. The molecule has 6 heteroatoms. The van der Waals surface area contributed by atoms with Crippen LogP contribution in [0, 0.1) is 0 Å². The standard InChI is InChI=1S/C13H19ClN4S/c1-3-7-15-13(11-5-6-12(14)19-11)10-9-16-17-18(10)8-4-2/h5-6,9,13,15H,3-4,7-8H2,1-2H3. The highest BCUT2D eigenvalue weighted by Crippen LogP contribution is 2.30. The van der Waals surface area contributed by atoms with Crippen molar-refractivity contribution in [2.45, 2.75) is 39.3 Å². The quantitative estimate of drug-likeness (QED) is 0.851. The van der Waals surface area contributed by atoms with E-state index in [1.807, 2.05) is 16.9 Å². The minimum absolute atomic E-state index is 0.124. The molecule has 19 heavy (non-hydrogen) atoms. The van der Waals surface area contributed by atoms with E-state index in [0.29, 0.717) is 0 Å². The molecule has 104 valence electrons. The van der Waals surface area contributed by atoms with Crippen molar-refractivity contribution >= 4 is 22.9 Å². The first-order valence-corrected chi connectivity index (χ1v) is 7.82. The second kappa shape index (κ2) is 7.03. The fourth-order valence-electron chi connectivity index (χ4n) is 2.00. The van der Waals surface area contributed by atoms with Crippen molar-refractivity contribution in [1.29, 1.82) is 0 Å². The van der Waals surface area contributed by atoms with E-state index in [9.17, 15) is 0 Å². The summed E-state index contributed by atoms with van der Waals surface area (Å²) in [6.07, 6.45) is 3.98. The van der Waals surface area contributed by atoms with Crippen LogP contribution in [0.1, 0.15) is 43.3 Å². The maximum atomic E-state index is 6.05. The molecule has 0 aliphatic heterocycles. The Bertz CT molecular complexity index is 508. The normalized spacial score (nSPS) is 12.8. The van der Waals surface area contributed by atoms with Gasteiger partial charge in [-0.1, -0.05) is 30.7 Å². The molecule has 0 spiro atoms. The van der Waals surface area contributed by atoms with Crippen LogP contribution in [0.2, 0.25) is 4.34 Å². The maximum Gasteiger partial charge on any atom is 0.0931 e. The monoisotopic (exact) mass is 298 g/mol. The molecular weight excluding hydrogens is 280 g/mol. The van der Waals surface area contributed by atoms with Gasteiger partial charge < -0.3 is 5.32 Å². The van der Waals surface area contributed by atoms with E-state index < -0.39 is 0 Å². The molecule has 1 N–H and O–H groups in total. The van der Waals surface area contributed by atoms with Crippen molar-refractivity contribution in [3.63, 3.8) is 0 Å². The first kappa shape index (κ1) is 14.5. The summed E-state index contributed by atoms with van der Waals surface area (Å²) in [5, 5.41) is 11.8. The van der Waals surface area contributed by atoms with Crippen LogP contribution in [0.25, 0.3) is 0 Å². The van der Waals surface area contributed by atoms with Crippen molar-refractivity contribution in [2.75, 3.05) is 6.54 Å². The molecule has 2 aromatic heterocycles. The van der Waals surface area contributed by atoms with Crippen molar-refractivity contribution in [1.82, 2.24) is 20.3 Å². The lowest BCUT2D eigenvalue weighted by Crippen LogP contribution is -2.25. The molecule has 0 amide bonds. The number of nitrogens with one attached hydrogen (secondary N) is 1. The second-order valence-corrected chi connectivity index (χ2v) is 6.16. The van der Waals surface area contributed by atoms with Crippen LogP contribution in [-0.2, 0) is 6.54 Å². The van der Waals surface area contributed by atoms with Crippen LogP contribution in [-0.4, -0.2) is 21.5 Å². The van der Waals surface area contributed by atoms with E-state index >= 15 is 0 Å². The van der Waals surface area contributed by atoms with Gasteiger partial charge in [-0.25, -0.2) is 4.68 Å². The number of hydrogen-bond acceptors (Lipinski definition) is 4. The molecular formula is C13H19ClN4S. The summed E-state index contributed by atoms with van der Waals surface area (Å²) in [5.41, 5.74) is 1.11. The van der Waals surface area contributed by atoms with Gasteiger partial charge in [0, 0.05) is 11.4 Å². The van der Waals surface area contributed by atoms with Gasteiger partial charge in [0.25, 0.3) is 0 Å². The van der Waals surface area contributed by atoms with Crippen LogP contribution >= 0.6 is 22.9 Å². The van der Waals surface area contributed by atoms with Gasteiger partial charge in [-0.15, -0.1) is 16.4 Å². The lowest BCUT2D eigenvalue weighted by molar-refractivity contribution is 0.507. The van der Waals surface area contributed by atoms with E-state index in [-0.39, 0.29) is 6.04 Å². The van der Waals surface area contributed by atoms with Gasteiger partial charge in [-0.05, 0) is 31.5 Å². The van der Waals surface area contributed by atoms with E-state index in [0.717, 1.165) is 36.0 Å². The first-order chi connectivity index (χ1) is 9.26. The minimum Gasteiger partial charge on any atom is -0.304 e. The largest absolute Gasteiger partial charge is 0.304 e. The average Bonchev–Trinajstić information content (AvgIpc) is 3.01. The molecule has 0 radical (unpaired) electrons. The summed E-state index contributed by atoms with van der Waals surface area (Å²) < 4.78 is 2.79. The van der Waals surface area contributed by atoms with Crippen LogP contribution in [0.15, 0.2) is 18.3 Å². The van der Waals surface area contributed by atoms with Crippen molar-refractivity contribution in [2.24, 2.45) is 0 Å². The Balaban J connectivity index is 2.28. The zero-order valence-corrected chi connectivity index (χ0v) is 12.8. The molecule has 0 aliphatic rings. The molecule has 0 aromatic carbocycles. The summed E-state index contributed by atoms with van der Waals surface area (Å²) in [4.78, 5) is 1.21. The molecule has 2 heterocycles. The number of aryl methyl sites for hydroxylation is 1. The van der Waals surface area contributed by atoms with Crippen molar-refractivity contribution in [3.8, 4) is 0 Å². The summed E-state index contributed by atoms with van der Waals surface area (Å²) >= 11 is 7.66. The second-order valence-electron chi connectivity index (χ2n) is 4.41. The Kier molecular flexibility index (Phi) is 5.36. The fraction of sp³-hybridized carbons (Fsp3) is 0.538. The Labute approximate surface area is 122 Å². The molecule has 4 nitrogen and oxygen atoms in total. The molecule has 2 aromatic rings. The summed E-state index contributed by atoms with van der Waals surface area (Å²) in [7, 11) is 0. The fourth-order valence-corrected chi connectivity index (χ4v) is 3.15. The van der Waals surface area contributed by atoms with Crippen molar-refractivity contribution < 1.29 is 0 Å². The zero-order chi connectivity index (χ0) is 13.7. The lowest BCUT2D eigenvalue weighted by Gasteiger charge is -2.17. The molecule has 0 fully saturated rings. The SMILES string of the molecule is CCCNC(c1ccc(Cl)s1)c1cnnn1CCC. The van der Waals surface area contributed by atoms with E-state index in [2.05, 4.69) is 35.5 Å². The Hall–Kier alpha value is -0.910. The highest BCUT2D eigenvalue weighted by Gasteiger charge is 2.20. The molecule has 0 bridgehead atoms. The Morgan fingerprint density at radius 3 is 2.84 bits per heavy atom. The maximum absolute atomic E-state index is 6.05. The molecule has 1 atom stereocenters. The van der Waals surface area contributed by atoms with E-state index in [4.69, 9.17) is 11.6 Å². The summed E-state index contributed by atoms with van der Waals surface area (Å²) in [6.45, 7) is 6.14. The predicted molar refractivity (Wildman–Crippen MR) is 79.8 cm³/mol. The van der Waals surface area contributed by atoms with Gasteiger partial charge in [0.1, 0.15) is 0 Å². The average molecular weight is 299 g/mol. The molecule has 0 saturated heterocycles. The topological polar surface area (TPSA) is 42.7 Å². The zero-order valence-electron chi connectivity index (χ0n) is 11.3. The van der Waals surface area contributed by atoms with Crippen LogP contribution in [0.3, 0.4) is 0 Å². The van der Waals surface area contributed by atoms with Crippen LogP contribution < -0.4 is 5.32 Å². The third-order valence-electron chi connectivity index (χ3n) is 2.86. The number of rotatable bonds is 7. The van der Waals surface area contributed by atoms with Crippen molar-refractivity contribution in [3.05, 3.63) is 33.2 Å². The predicted octanol–water partition coefficient (Wildman–Crippen LogP) is 3.49. The van der Waals surface area contributed by atoms with Gasteiger partial charge in [-0.2, -0.15) is 0 Å². The van der Waals surface area contributed by atoms with E-state index in [1.54, 1.807) is 11.3 Å².